The fourth-order valence-electron chi connectivity index (χ4n) is 1.83. The topological polar surface area (TPSA) is 81.1 Å². The average molecular weight is 285 g/mol. The highest BCUT2D eigenvalue weighted by Gasteiger charge is 2.11. The molecule has 1 unspecified atom stereocenters. The smallest absolute Gasteiger partial charge is 0.320 e. The second-order valence-corrected chi connectivity index (χ2v) is 5.65. The summed E-state index contributed by atoms with van der Waals surface area (Å²) in [7, 11) is 0. The summed E-state index contributed by atoms with van der Waals surface area (Å²) in [6.45, 7) is 4.33. The number of rotatable bonds is 9. The molecule has 1 atom stereocenters. The summed E-state index contributed by atoms with van der Waals surface area (Å²) in [5.74, 6) is 0.615. The third-order valence-corrected chi connectivity index (χ3v) is 4.14. The van der Waals surface area contributed by atoms with Crippen LogP contribution in [0.4, 0.5) is 0 Å². The quantitative estimate of drug-likeness (QED) is 0.680. The van der Waals surface area contributed by atoms with Gasteiger partial charge in [0.05, 0.1) is 11.7 Å². The molecule has 0 aromatic carbocycles. The lowest BCUT2D eigenvalue weighted by molar-refractivity contribution is -0.138. The number of thioether (sulfide) groups is 1. The van der Waals surface area contributed by atoms with Crippen LogP contribution in [0.5, 0.6) is 0 Å². The molecule has 6 heteroatoms. The van der Waals surface area contributed by atoms with Gasteiger partial charge in [0.25, 0.3) is 0 Å². The number of carboxylic acids is 1. The third-order valence-electron chi connectivity index (χ3n) is 3.12. The normalized spacial score (nSPS) is 12.8. The van der Waals surface area contributed by atoms with Gasteiger partial charge in [-0.25, -0.2) is 0 Å². The lowest BCUT2D eigenvalue weighted by atomic mass is 10.2. The van der Waals surface area contributed by atoms with Gasteiger partial charge in [-0.15, -0.1) is 0 Å². The molecule has 1 aromatic rings. The molecule has 0 saturated heterocycles. The van der Waals surface area contributed by atoms with E-state index in [4.69, 9.17) is 10.8 Å². The first-order valence-electron chi connectivity index (χ1n) is 6.68. The van der Waals surface area contributed by atoms with E-state index in [2.05, 4.69) is 18.9 Å². The molecule has 0 fully saturated rings. The molecular weight excluding hydrogens is 262 g/mol. The number of carboxylic acid groups (broad SMARTS) is 1. The SMILES string of the molecule is CCC(CC)n1ccc(CSCCC(N)C(=O)O)n1. The van der Waals surface area contributed by atoms with E-state index in [0.29, 0.717) is 12.5 Å². The Morgan fingerprint density at radius 2 is 2.21 bits per heavy atom. The second-order valence-electron chi connectivity index (χ2n) is 4.54. The summed E-state index contributed by atoms with van der Waals surface area (Å²) < 4.78 is 2.03. The van der Waals surface area contributed by atoms with E-state index < -0.39 is 12.0 Å². The highest BCUT2D eigenvalue weighted by atomic mass is 32.2. The molecule has 108 valence electrons. The molecule has 0 spiro atoms. The third kappa shape index (κ3) is 5.24. The maximum absolute atomic E-state index is 10.6. The number of aliphatic carboxylic acids is 1. The minimum absolute atomic E-state index is 0.471. The van der Waals surface area contributed by atoms with Gasteiger partial charge in [-0.05, 0) is 31.1 Å². The molecule has 0 amide bonds. The number of hydrogen-bond donors (Lipinski definition) is 2. The monoisotopic (exact) mass is 285 g/mol. The van der Waals surface area contributed by atoms with Gasteiger partial charge in [-0.1, -0.05) is 13.8 Å². The molecule has 0 saturated carbocycles. The summed E-state index contributed by atoms with van der Waals surface area (Å²) in [5.41, 5.74) is 6.49. The highest BCUT2D eigenvalue weighted by Crippen LogP contribution is 2.17. The second kappa shape index (κ2) is 8.22. The van der Waals surface area contributed by atoms with Crippen molar-refractivity contribution >= 4 is 17.7 Å². The van der Waals surface area contributed by atoms with Crippen molar-refractivity contribution in [2.45, 2.75) is 50.9 Å². The summed E-state index contributed by atoms with van der Waals surface area (Å²) >= 11 is 1.67. The van der Waals surface area contributed by atoms with Crippen molar-refractivity contribution in [2.24, 2.45) is 5.73 Å². The molecular formula is C13H23N3O2S. The minimum Gasteiger partial charge on any atom is -0.480 e. The van der Waals surface area contributed by atoms with Crippen LogP contribution in [-0.4, -0.2) is 32.7 Å². The zero-order valence-electron chi connectivity index (χ0n) is 11.6. The van der Waals surface area contributed by atoms with Crippen LogP contribution < -0.4 is 5.73 Å². The summed E-state index contributed by atoms with van der Waals surface area (Å²) in [6, 6.07) is 1.75. The van der Waals surface area contributed by atoms with Crippen molar-refractivity contribution in [1.82, 2.24) is 9.78 Å². The van der Waals surface area contributed by atoms with Crippen LogP contribution in [0.15, 0.2) is 12.3 Å². The molecule has 3 N–H and O–H groups in total. The Balaban J connectivity index is 2.32. The van der Waals surface area contributed by atoms with Crippen molar-refractivity contribution < 1.29 is 9.90 Å². The van der Waals surface area contributed by atoms with Crippen molar-refractivity contribution in [3.63, 3.8) is 0 Å². The predicted molar refractivity (Wildman–Crippen MR) is 78.2 cm³/mol. The highest BCUT2D eigenvalue weighted by molar-refractivity contribution is 7.98. The van der Waals surface area contributed by atoms with E-state index in [0.717, 1.165) is 30.0 Å². The minimum atomic E-state index is -0.932. The molecule has 0 bridgehead atoms. The summed E-state index contributed by atoms with van der Waals surface area (Å²) in [6.07, 6.45) is 4.68. The summed E-state index contributed by atoms with van der Waals surface area (Å²) in [4.78, 5) is 10.6. The van der Waals surface area contributed by atoms with Crippen molar-refractivity contribution in [3.8, 4) is 0 Å². The van der Waals surface area contributed by atoms with E-state index in [1.807, 2.05) is 16.9 Å². The van der Waals surface area contributed by atoms with Crippen LogP contribution >= 0.6 is 11.8 Å². The number of aromatic nitrogens is 2. The average Bonchev–Trinajstić information content (AvgIpc) is 2.84. The van der Waals surface area contributed by atoms with Crippen LogP contribution in [0.25, 0.3) is 0 Å². The van der Waals surface area contributed by atoms with Gasteiger partial charge in [0.15, 0.2) is 0 Å². The van der Waals surface area contributed by atoms with Gasteiger partial charge in [0.1, 0.15) is 6.04 Å². The van der Waals surface area contributed by atoms with E-state index in [1.165, 1.54) is 0 Å². The van der Waals surface area contributed by atoms with E-state index >= 15 is 0 Å². The largest absolute Gasteiger partial charge is 0.480 e. The zero-order chi connectivity index (χ0) is 14.3. The Hall–Kier alpha value is -1.01. The Morgan fingerprint density at radius 1 is 1.53 bits per heavy atom. The Bertz CT molecular complexity index is 391. The molecule has 0 aliphatic carbocycles. The number of nitrogens with zero attached hydrogens (tertiary/aromatic N) is 2. The van der Waals surface area contributed by atoms with Gasteiger partial charge < -0.3 is 10.8 Å². The lowest BCUT2D eigenvalue weighted by Crippen LogP contribution is -2.30. The Kier molecular flexibility index (Phi) is 6.94. The van der Waals surface area contributed by atoms with Crippen LogP contribution in [0.2, 0.25) is 0 Å². The first kappa shape index (κ1) is 16.0. The summed E-state index contributed by atoms with van der Waals surface area (Å²) in [5, 5.41) is 13.2. The van der Waals surface area contributed by atoms with Crippen LogP contribution in [0.3, 0.4) is 0 Å². The van der Waals surface area contributed by atoms with Gasteiger partial charge in [-0.2, -0.15) is 16.9 Å². The van der Waals surface area contributed by atoms with Gasteiger partial charge in [-0.3, -0.25) is 9.48 Å². The van der Waals surface area contributed by atoms with E-state index in [9.17, 15) is 4.79 Å². The Labute approximate surface area is 118 Å². The number of nitrogens with two attached hydrogens (primary N) is 1. The maximum atomic E-state index is 10.6. The fourth-order valence-corrected chi connectivity index (χ4v) is 2.76. The molecule has 1 heterocycles. The van der Waals surface area contributed by atoms with Crippen LogP contribution in [0, 0.1) is 0 Å². The first-order chi connectivity index (χ1) is 9.08. The standard InChI is InChI=1S/C13H23N3O2S/c1-3-11(4-2)16-7-5-10(15-16)9-19-8-6-12(14)13(17)18/h5,7,11-12H,3-4,6,8-9,14H2,1-2H3,(H,17,18). The molecule has 0 aliphatic heterocycles. The van der Waals surface area contributed by atoms with E-state index in [1.54, 1.807) is 11.8 Å². The molecule has 1 aromatic heterocycles. The van der Waals surface area contributed by atoms with Crippen molar-refractivity contribution in [2.75, 3.05) is 5.75 Å². The zero-order valence-corrected chi connectivity index (χ0v) is 12.4. The predicted octanol–water partition coefficient (Wildman–Crippen LogP) is 2.28. The van der Waals surface area contributed by atoms with Gasteiger partial charge >= 0.3 is 5.97 Å². The number of carbonyl (C=O) groups is 1. The van der Waals surface area contributed by atoms with Crippen LogP contribution in [0.1, 0.15) is 44.8 Å². The first-order valence-corrected chi connectivity index (χ1v) is 7.84. The van der Waals surface area contributed by atoms with Crippen molar-refractivity contribution in [1.29, 1.82) is 0 Å². The molecule has 5 nitrogen and oxygen atoms in total. The number of hydrogen-bond acceptors (Lipinski definition) is 4. The van der Waals surface area contributed by atoms with Crippen LogP contribution in [-0.2, 0) is 10.5 Å². The van der Waals surface area contributed by atoms with Crippen molar-refractivity contribution in [3.05, 3.63) is 18.0 Å². The van der Waals surface area contributed by atoms with E-state index in [-0.39, 0.29) is 0 Å². The molecule has 0 radical (unpaired) electrons. The molecule has 0 aliphatic rings. The van der Waals surface area contributed by atoms with Gasteiger partial charge in [0.2, 0.25) is 0 Å². The Morgan fingerprint density at radius 3 is 2.79 bits per heavy atom. The molecule has 19 heavy (non-hydrogen) atoms. The maximum Gasteiger partial charge on any atom is 0.320 e. The lowest BCUT2D eigenvalue weighted by Gasteiger charge is -2.12. The fraction of sp³-hybridized carbons (Fsp3) is 0.692. The van der Waals surface area contributed by atoms with Gasteiger partial charge in [0, 0.05) is 11.9 Å². The molecule has 1 rings (SSSR count).